The Balaban J connectivity index is 1.77. The zero-order chi connectivity index (χ0) is 25.9. The first-order chi connectivity index (χ1) is 17.4. The summed E-state index contributed by atoms with van der Waals surface area (Å²) in [6.45, 7) is 3.60. The van der Waals surface area contributed by atoms with Crippen molar-refractivity contribution in [2.75, 3.05) is 33.9 Å². The van der Waals surface area contributed by atoms with E-state index in [1.807, 2.05) is 40.6 Å². The van der Waals surface area contributed by atoms with E-state index >= 15 is 0 Å². The van der Waals surface area contributed by atoms with E-state index in [0.717, 1.165) is 23.3 Å². The fourth-order valence-electron chi connectivity index (χ4n) is 3.85. The number of amides is 2. The summed E-state index contributed by atoms with van der Waals surface area (Å²) in [4.78, 5) is 31.4. The number of hydrogen-bond acceptors (Lipinski definition) is 5. The minimum atomic E-state index is -0.185. The molecule has 6 nitrogen and oxygen atoms in total. The SMILES string of the molecule is CCCCN(CC(=O)N(CCc1ccc(OC)c(OC)c1)Cc1cccs1)C(=O)c1cccc(Cl)c1. The number of halogens is 1. The van der Waals surface area contributed by atoms with Crippen LogP contribution < -0.4 is 9.47 Å². The fraction of sp³-hybridized carbons (Fsp3) is 0.357. The Bertz CT molecular complexity index is 1140. The van der Waals surface area contributed by atoms with Crippen LogP contribution in [-0.4, -0.2) is 55.5 Å². The second-order valence-electron chi connectivity index (χ2n) is 8.42. The molecule has 36 heavy (non-hydrogen) atoms. The molecule has 2 amide bonds. The van der Waals surface area contributed by atoms with Crippen LogP contribution in [0.2, 0.25) is 5.02 Å². The molecule has 1 heterocycles. The predicted octanol–water partition coefficient (Wildman–Crippen LogP) is 5.93. The number of carbonyl (C=O) groups excluding carboxylic acids is 2. The van der Waals surface area contributed by atoms with Crippen LogP contribution in [0.3, 0.4) is 0 Å². The van der Waals surface area contributed by atoms with Gasteiger partial charge in [0.15, 0.2) is 11.5 Å². The minimum absolute atomic E-state index is 0.0165. The van der Waals surface area contributed by atoms with Crippen molar-refractivity contribution < 1.29 is 19.1 Å². The highest BCUT2D eigenvalue weighted by molar-refractivity contribution is 7.09. The number of hydrogen-bond donors (Lipinski definition) is 0. The van der Waals surface area contributed by atoms with E-state index in [2.05, 4.69) is 6.92 Å². The number of benzene rings is 2. The van der Waals surface area contributed by atoms with E-state index in [-0.39, 0.29) is 18.4 Å². The van der Waals surface area contributed by atoms with Crippen molar-refractivity contribution in [2.24, 2.45) is 0 Å². The fourth-order valence-corrected chi connectivity index (χ4v) is 4.76. The topological polar surface area (TPSA) is 59.1 Å². The summed E-state index contributed by atoms with van der Waals surface area (Å²) < 4.78 is 10.8. The van der Waals surface area contributed by atoms with Gasteiger partial charge in [0.25, 0.3) is 5.91 Å². The van der Waals surface area contributed by atoms with Gasteiger partial charge in [-0.1, -0.05) is 43.1 Å². The molecule has 0 aliphatic rings. The smallest absolute Gasteiger partial charge is 0.254 e. The normalized spacial score (nSPS) is 10.7. The molecule has 2 aromatic carbocycles. The van der Waals surface area contributed by atoms with Crippen molar-refractivity contribution in [3.8, 4) is 11.5 Å². The van der Waals surface area contributed by atoms with Gasteiger partial charge in [-0.25, -0.2) is 0 Å². The van der Waals surface area contributed by atoms with Crippen molar-refractivity contribution in [3.63, 3.8) is 0 Å². The van der Waals surface area contributed by atoms with Crippen LogP contribution in [0.1, 0.15) is 40.6 Å². The Morgan fingerprint density at radius 2 is 1.75 bits per heavy atom. The quantitative estimate of drug-likeness (QED) is 0.276. The van der Waals surface area contributed by atoms with Gasteiger partial charge in [-0.3, -0.25) is 9.59 Å². The van der Waals surface area contributed by atoms with Crippen molar-refractivity contribution in [2.45, 2.75) is 32.7 Å². The average Bonchev–Trinajstić information content (AvgIpc) is 3.41. The number of nitrogens with zero attached hydrogens (tertiary/aromatic N) is 2. The van der Waals surface area contributed by atoms with Crippen LogP contribution in [-0.2, 0) is 17.8 Å². The third-order valence-electron chi connectivity index (χ3n) is 5.86. The third kappa shape index (κ3) is 7.73. The molecule has 0 bridgehead atoms. The van der Waals surface area contributed by atoms with Gasteiger partial charge < -0.3 is 19.3 Å². The minimum Gasteiger partial charge on any atom is -0.493 e. The number of methoxy groups -OCH3 is 2. The highest BCUT2D eigenvalue weighted by atomic mass is 35.5. The zero-order valence-electron chi connectivity index (χ0n) is 21.0. The molecular formula is C28H33ClN2O4S. The number of rotatable bonds is 13. The van der Waals surface area contributed by atoms with E-state index < -0.39 is 0 Å². The summed E-state index contributed by atoms with van der Waals surface area (Å²) in [6.07, 6.45) is 2.39. The molecule has 0 saturated heterocycles. The number of carbonyl (C=O) groups is 2. The lowest BCUT2D eigenvalue weighted by Crippen LogP contribution is -2.43. The molecule has 3 rings (SSSR count). The van der Waals surface area contributed by atoms with Crippen molar-refractivity contribution >= 4 is 34.8 Å². The maximum absolute atomic E-state index is 13.6. The molecule has 1 aromatic heterocycles. The maximum Gasteiger partial charge on any atom is 0.254 e. The van der Waals surface area contributed by atoms with Crippen LogP contribution in [0, 0.1) is 0 Å². The van der Waals surface area contributed by atoms with Gasteiger partial charge in [-0.15, -0.1) is 11.3 Å². The van der Waals surface area contributed by atoms with Crippen molar-refractivity contribution in [1.82, 2.24) is 9.80 Å². The molecule has 0 aliphatic heterocycles. The monoisotopic (exact) mass is 528 g/mol. The molecule has 8 heteroatoms. The van der Waals surface area contributed by atoms with Crippen molar-refractivity contribution in [3.05, 3.63) is 81.0 Å². The summed E-state index contributed by atoms with van der Waals surface area (Å²) in [5, 5.41) is 2.50. The van der Waals surface area contributed by atoms with Crippen LogP contribution >= 0.6 is 22.9 Å². The molecule has 0 saturated carbocycles. The Morgan fingerprint density at radius 1 is 0.944 bits per heavy atom. The lowest BCUT2D eigenvalue weighted by molar-refractivity contribution is -0.132. The second kappa shape index (κ2) is 13.9. The van der Waals surface area contributed by atoms with Gasteiger partial charge in [0.05, 0.1) is 20.8 Å². The number of thiophene rings is 1. The van der Waals surface area contributed by atoms with Gasteiger partial charge in [0.1, 0.15) is 6.54 Å². The first-order valence-corrected chi connectivity index (χ1v) is 13.3. The van der Waals surface area contributed by atoms with Crippen LogP contribution in [0.4, 0.5) is 0 Å². The van der Waals surface area contributed by atoms with Gasteiger partial charge in [0, 0.05) is 28.6 Å². The maximum atomic E-state index is 13.6. The Kier molecular flexibility index (Phi) is 10.6. The van der Waals surface area contributed by atoms with Gasteiger partial charge in [-0.2, -0.15) is 0 Å². The summed E-state index contributed by atoms with van der Waals surface area (Å²) in [7, 11) is 3.21. The van der Waals surface area contributed by atoms with E-state index in [1.54, 1.807) is 54.7 Å². The summed E-state index contributed by atoms with van der Waals surface area (Å²) in [6, 6.07) is 16.6. The van der Waals surface area contributed by atoms with E-state index in [0.29, 0.717) is 48.1 Å². The van der Waals surface area contributed by atoms with Gasteiger partial charge in [-0.05, 0) is 60.2 Å². The van der Waals surface area contributed by atoms with Crippen LogP contribution in [0.5, 0.6) is 11.5 Å². The highest BCUT2D eigenvalue weighted by Crippen LogP contribution is 2.28. The molecule has 0 aliphatic carbocycles. The zero-order valence-corrected chi connectivity index (χ0v) is 22.6. The molecular weight excluding hydrogens is 496 g/mol. The summed E-state index contributed by atoms with van der Waals surface area (Å²) in [5.74, 6) is 1.05. The molecule has 0 fully saturated rings. The number of unbranched alkanes of at least 4 members (excludes halogenated alkanes) is 1. The average molecular weight is 529 g/mol. The van der Waals surface area contributed by atoms with Gasteiger partial charge >= 0.3 is 0 Å². The Hall–Kier alpha value is -3.03. The molecule has 3 aromatic rings. The summed E-state index contributed by atoms with van der Waals surface area (Å²) in [5.41, 5.74) is 1.52. The van der Waals surface area contributed by atoms with E-state index in [1.165, 1.54) is 0 Å². The molecule has 0 spiro atoms. The Morgan fingerprint density at radius 3 is 2.42 bits per heavy atom. The van der Waals surface area contributed by atoms with E-state index in [9.17, 15) is 9.59 Å². The third-order valence-corrected chi connectivity index (χ3v) is 6.96. The second-order valence-corrected chi connectivity index (χ2v) is 9.89. The van der Waals surface area contributed by atoms with Crippen molar-refractivity contribution in [1.29, 1.82) is 0 Å². The lowest BCUT2D eigenvalue weighted by atomic mass is 10.1. The standard InChI is InChI=1S/C28H33ClN2O4S/c1-4-5-14-31(28(33)22-8-6-9-23(29)18-22)20-27(32)30(19-24-10-7-16-36-24)15-13-21-11-12-25(34-2)26(17-21)35-3/h6-12,16-18H,4-5,13-15,19-20H2,1-3H3. The number of ether oxygens (including phenoxy) is 2. The first-order valence-electron chi connectivity index (χ1n) is 12.0. The van der Waals surface area contributed by atoms with Crippen LogP contribution in [0.25, 0.3) is 0 Å². The molecule has 0 N–H and O–H groups in total. The predicted molar refractivity (Wildman–Crippen MR) is 145 cm³/mol. The lowest BCUT2D eigenvalue weighted by Gasteiger charge is -2.28. The van der Waals surface area contributed by atoms with Crippen LogP contribution in [0.15, 0.2) is 60.0 Å². The molecule has 0 unspecified atom stereocenters. The molecule has 192 valence electrons. The van der Waals surface area contributed by atoms with E-state index in [4.69, 9.17) is 21.1 Å². The van der Waals surface area contributed by atoms with Gasteiger partial charge in [0.2, 0.25) is 5.91 Å². The largest absolute Gasteiger partial charge is 0.493 e. The first kappa shape index (κ1) is 27.6. The molecule has 0 atom stereocenters. The Labute approximate surface area is 222 Å². The summed E-state index contributed by atoms with van der Waals surface area (Å²) >= 11 is 7.73. The molecule has 0 radical (unpaired) electrons. The highest BCUT2D eigenvalue weighted by Gasteiger charge is 2.23.